The number of aromatic nitrogens is 1. The van der Waals surface area contributed by atoms with Crippen molar-refractivity contribution < 1.29 is 23.8 Å². The van der Waals surface area contributed by atoms with Gasteiger partial charge >= 0.3 is 0 Å². The van der Waals surface area contributed by atoms with Crippen molar-refractivity contribution in [1.82, 2.24) is 9.88 Å². The number of nitrogens with zero attached hydrogens (tertiary/aromatic N) is 2. The number of carbonyl (C=O) groups is 2. The van der Waals surface area contributed by atoms with Gasteiger partial charge in [0, 0.05) is 19.2 Å². The minimum atomic E-state index is -0.252. The van der Waals surface area contributed by atoms with Crippen molar-refractivity contribution in [3.05, 3.63) is 47.1 Å². The number of thiocarbonyl (C=S) groups is 1. The van der Waals surface area contributed by atoms with Crippen LogP contribution in [0, 0.1) is 0 Å². The lowest BCUT2D eigenvalue weighted by Gasteiger charge is -2.14. The van der Waals surface area contributed by atoms with E-state index in [0.29, 0.717) is 37.7 Å². The topological polar surface area (TPSA) is 90.0 Å². The third-order valence-electron chi connectivity index (χ3n) is 4.37. The highest BCUT2D eigenvalue weighted by Crippen LogP contribution is 2.40. The predicted molar refractivity (Wildman–Crippen MR) is 123 cm³/mol. The van der Waals surface area contributed by atoms with Gasteiger partial charge in [-0.25, -0.2) is 0 Å². The van der Waals surface area contributed by atoms with Gasteiger partial charge in [-0.2, -0.15) is 0 Å². The van der Waals surface area contributed by atoms with Gasteiger partial charge in [-0.15, -0.1) is 0 Å². The minimum Gasteiger partial charge on any atom is -0.493 e. The summed E-state index contributed by atoms with van der Waals surface area (Å²) in [5.74, 6) is 0.953. The number of anilines is 1. The molecule has 2 amide bonds. The van der Waals surface area contributed by atoms with Crippen LogP contribution in [0.1, 0.15) is 12.0 Å². The summed E-state index contributed by atoms with van der Waals surface area (Å²) >= 11 is 6.53. The van der Waals surface area contributed by atoms with E-state index < -0.39 is 0 Å². The van der Waals surface area contributed by atoms with Crippen LogP contribution in [0.25, 0.3) is 6.08 Å². The van der Waals surface area contributed by atoms with E-state index in [1.165, 1.54) is 38.0 Å². The number of hydrogen-bond donors (Lipinski definition) is 1. The molecule has 0 spiro atoms. The van der Waals surface area contributed by atoms with Crippen molar-refractivity contribution in [1.29, 1.82) is 0 Å². The molecule has 1 aromatic heterocycles. The second-order valence-corrected chi connectivity index (χ2v) is 8.01. The van der Waals surface area contributed by atoms with Crippen LogP contribution < -0.4 is 19.5 Å². The Morgan fingerprint density at radius 2 is 1.94 bits per heavy atom. The monoisotopic (exact) mass is 459 g/mol. The molecule has 0 aliphatic carbocycles. The van der Waals surface area contributed by atoms with E-state index in [1.54, 1.807) is 42.7 Å². The van der Waals surface area contributed by atoms with Crippen molar-refractivity contribution in [2.75, 3.05) is 33.2 Å². The molecule has 1 aromatic carbocycles. The SMILES string of the molecule is COc1cc(C=C2SC(=S)N(CCC(=O)Nc3cccnc3)C2=O)cc(OC)c1OC. The van der Waals surface area contributed by atoms with Crippen LogP contribution in [0.4, 0.5) is 5.69 Å². The minimum absolute atomic E-state index is 0.110. The van der Waals surface area contributed by atoms with E-state index in [4.69, 9.17) is 26.4 Å². The van der Waals surface area contributed by atoms with E-state index in [2.05, 4.69) is 10.3 Å². The van der Waals surface area contributed by atoms with Crippen molar-refractivity contribution in [2.45, 2.75) is 6.42 Å². The Hall–Kier alpha value is -3.11. The summed E-state index contributed by atoms with van der Waals surface area (Å²) in [6.07, 6.45) is 4.99. The Labute approximate surface area is 189 Å². The number of thioether (sulfide) groups is 1. The van der Waals surface area contributed by atoms with Gasteiger partial charge in [0.2, 0.25) is 11.7 Å². The molecule has 1 N–H and O–H groups in total. The Bertz CT molecular complexity index is 1000. The van der Waals surface area contributed by atoms with Gasteiger partial charge in [0.25, 0.3) is 5.91 Å². The maximum absolute atomic E-state index is 12.8. The number of rotatable bonds is 8. The summed E-state index contributed by atoms with van der Waals surface area (Å²) in [7, 11) is 4.57. The van der Waals surface area contributed by atoms with E-state index in [9.17, 15) is 9.59 Å². The Kier molecular flexibility index (Phi) is 7.48. The molecule has 1 aliphatic heterocycles. The number of benzene rings is 1. The summed E-state index contributed by atoms with van der Waals surface area (Å²) in [5, 5.41) is 2.74. The second-order valence-electron chi connectivity index (χ2n) is 6.33. The van der Waals surface area contributed by atoms with Crippen molar-refractivity contribution >= 4 is 51.9 Å². The number of amides is 2. The smallest absolute Gasteiger partial charge is 0.266 e. The van der Waals surface area contributed by atoms with Crippen molar-refractivity contribution in [2.24, 2.45) is 0 Å². The highest BCUT2D eigenvalue weighted by molar-refractivity contribution is 8.26. The normalized spacial score (nSPS) is 14.7. The molecule has 0 saturated carbocycles. The second kappa shape index (κ2) is 10.3. The molecule has 8 nitrogen and oxygen atoms in total. The number of pyridine rings is 1. The summed E-state index contributed by atoms with van der Waals surface area (Å²) in [6, 6.07) is 6.96. The first-order valence-corrected chi connectivity index (χ1v) is 10.4. The zero-order valence-electron chi connectivity index (χ0n) is 17.2. The lowest BCUT2D eigenvalue weighted by molar-refractivity contribution is -0.122. The third-order valence-corrected chi connectivity index (χ3v) is 5.74. The lowest BCUT2D eigenvalue weighted by atomic mass is 10.1. The predicted octanol–water partition coefficient (Wildman–Crippen LogP) is 3.34. The molecule has 1 fully saturated rings. The van der Waals surface area contributed by atoms with Crippen LogP contribution in [-0.2, 0) is 9.59 Å². The van der Waals surface area contributed by atoms with E-state index >= 15 is 0 Å². The van der Waals surface area contributed by atoms with Gasteiger partial charge in [-0.3, -0.25) is 19.5 Å². The Morgan fingerprint density at radius 1 is 1.23 bits per heavy atom. The number of methoxy groups -OCH3 is 3. The van der Waals surface area contributed by atoms with Gasteiger partial charge in [0.15, 0.2) is 11.5 Å². The number of ether oxygens (including phenoxy) is 3. The standard InChI is InChI=1S/C21H21N3O5S2/c1-27-15-9-13(10-16(28-2)19(15)29-3)11-17-20(26)24(21(30)31-17)8-6-18(25)23-14-5-4-7-22-12-14/h4-5,7,9-12H,6,8H2,1-3H3,(H,23,25). The number of hydrogen-bond acceptors (Lipinski definition) is 8. The molecule has 2 heterocycles. The molecular weight excluding hydrogens is 438 g/mol. The van der Waals surface area contributed by atoms with Gasteiger partial charge in [-0.05, 0) is 35.9 Å². The summed E-state index contributed by atoms with van der Waals surface area (Å²) in [5.41, 5.74) is 1.30. The number of carbonyl (C=O) groups excluding carboxylic acids is 2. The summed E-state index contributed by atoms with van der Waals surface area (Å²) in [4.78, 5) is 30.8. The average molecular weight is 460 g/mol. The zero-order chi connectivity index (χ0) is 22.4. The molecule has 0 bridgehead atoms. The van der Waals surface area contributed by atoms with E-state index in [-0.39, 0.29) is 24.8 Å². The highest BCUT2D eigenvalue weighted by atomic mass is 32.2. The average Bonchev–Trinajstić information content (AvgIpc) is 3.04. The molecule has 10 heteroatoms. The Balaban J connectivity index is 1.71. The summed E-state index contributed by atoms with van der Waals surface area (Å²) in [6.45, 7) is 0.184. The van der Waals surface area contributed by atoms with Crippen LogP contribution in [0.2, 0.25) is 0 Å². The van der Waals surface area contributed by atoms with Gasteiger partial charge in [0.05, 0.1) is 38.1 Å². The summed E-state index contributed by atoms with van der Waals surface area (Å²) < 4.78 is 16.4. The zero-order valence-corrected chi connectivity index (χ0v) is 18.8. The van der Waals surface area contributed by atoms with Crippen molar-refractivity contribution in [3.8, 4) is 17.2 Å². The van der Waals surface area contributed by atoms with E-state index in [1.807, 2.05) is 0 Å². The van der Waals surface area contributed by atoms with E-state index in [0.717, 1.165) is 0 Å². The van der Waals surface area contributed by atoms with Crippen LogP contribution in [0.5, 0.6) is 17.2 Å². The van der Waals surface area contributed by atoms with Gasteiger partial charge in [-0.1, -0.05) is 24.0 Å². The first kappa shape index (κ1) is 22.6. The van der Waals surface area contributed by atoms with Crippen molar-refractivity contribution in [3.63, 3.8) is 0 Å². The molecule has 1 aliphatic rings. The molecule has 31 heavy (non-hydrogen) atoms. The fourth-order valence-corrected chi connectivity index (χ4v) is 4.21. The fourth-order valence-electron chi connectivity index (χ4n) is 2.90. The molecule has 3 rings (SSSR count). The molecular formula is C21H21N3O5S2. The highest BCUT2D eigenvalue weighted by Gasteiger charge is 2.32. The molecule has 2 aromatic rings. The van der Waals surface area contributed by atoms with Gasteiger partial charge < -0.3 is 19.5 Å². The lowest BCUT2D eigenvalue weighted by Crippen LogP contribution is -2.31. The molecule has 0 unspecified atom stereocenters. The molecule has 162 valence electrons. The first-order chi connectivity index (χ1) is 15.0. The quantitative estimate of drug-likeness (QED) is 0.475. The van der Waals surface area contributed by atoms with Crippen LogP contribution in [0.3, 0.4) is 0 Å². The Morgan fingerprint density at radius 3 is 2.52 bits per heavy atom. The molecule has 0 atom stereocenters. The third kappa shape index (κ3) is 5.33. The molecule has 0 radical (unpaired) electrons. The van der Waals surface area contributed by atoms with Crippen LogP contribution in [-0.4, -0.2) is 53.9 Å². The van der Waals surface area contributed by atoms with Gasteiger partial charge in [0.1, 0.15) is 4.32 Å². The first-order valence-electron chi connectivity index (χ1n) is 9.22. The number of nitrogens with one attached hydrogen (secondary N) is 1. The van der Waals surface area contributed by atoms with Crippen LogP contribution in [0.15, 0.2) is 41.6 Å². The maximum atomic E-state index is 12.8. The molecule has 1 saturated heterocycles. The largest absolute Gasteiger partial charge is 0.493 e. The fraction of sp³-hybridized carbons (Fsp3) is 0.238. The van der Waals surface area contributed by atoms with Crippen LogP contribution >= 0.6 is 24.0 Å². The maximum Gasteiger partial charge on any atom is 0.266 e.